The lowest BCUT2D eigenvalue weighted by Gasteiger charge is -2.23. The van der Waals surface area contributed by atoms with Crippen molar-refractivity contribution in [3.8, 4) is 22.9 Å². The smallest absolute Gasteiger partial charge is 0.235 e. The first-order chi connectivity index (χ1) is 14.3. The number of rotatable bonds is 11. The second kappa shape index (κ2) is 11.2. The highest BCUT2D eigenvalue weighted by molar-refractivity contribution is 8.00. The van der Waals surface area contributed by atoms with E-state index in [2.05, 4.69) is 10.2 Å². The number of amides is 1. The molecule has 0 aliphatic carbocycles. The molecule has 0 fully saturated rings. The van der Waals surface area contributed by atoms with Crippen LogP contribution in [0.3, 0.4) is 0 Å². The van der Waals surface area contributed by atoms with Crippen molar-refractivity contribution in [3.05, 3.63) is 18.2 Å². The first-order valence-electron chi connectivity index (χ1n) is 9.86. The SMILES string of the molecule is COCCCn1c(SC(C(=O)N(C)C)C(C)C)nnc1-c1ccc(OC)c(OC)c1. The zero-order chi connectivity index (χ0) is 22.3. The molecule has 1 unspecified atom stereocenters. The summed E-state index contributed by atoms with van der Waals surface area (Å²) in [7, 11) is 8.44. The summed E-state index contributed by atoms with van der Waals surface area (Å²) in [4.78, 5) is 14.3. The molecule has 9 heteroatoms. The molecule has 2 rings (SSSR count). The topological polar surface area (TPSA) is 78.7 Å². The minimum Gasteiger partial charge on any atom is -0.493 e. The molecule has 0 saturated heterocycles. The maximum atomic E-state index is 12.7. The van der Waals surface area contributed by atoms with E-state index in [1.807, 2.05) is 36.6 Å². The van der Waals surface area contributed by atoms with E-state index in [-0.39, 0.29) is 17.1 Å². The van der Waals surface area contributed by atoms with E-state index in [0.29, 0.717) is 29.8 Å². The number of benzene rings is 1. The Labute approximate surface area is 182 Å². The summed E-state index contributed by atoms with van der Waals surface area (Å²) < 4.78 is 18.0. The normalized spacial score (nSPS) is 12.1. The Balaban J connectivity index is 2.45. The van der Waals surface area contributed by atoms with Crippen LogP contribution >= 0.6 is 11.8 Å². The Morgan fingerprint density at radius 3 is 2.40 bits per heavy atom. The van der Waals surface area contributed by atoms with Crippen molar-refractivity contribution in [1.82, 2.24) is 19.7 Å². The zero-order valence-electron chi connectivity index (χ0n) is 18.8. The van der Waals surface area contributed by atoms with Crippen LogP contribution in [0.2, 0.25) is 0 Å². The van der Waals surface area contributed by atoms with Gasteiger partial charge in [-0.3, -0.25) is 4.79 Å². The van der Waals surface area contributed by atoms with Crippen LogP contribution in [-0.2, 0) is 16.1 Å². The second-order valence-electron chi connectivity index (χ2n) is 7.39. The van der Waals surface area contributed by atoms with Crippen LogP contribution in [0.15, 0.2) is 23.4 Å². The number of thioether (sulfide) groups is 1. The van der Waals surface area contributed by atoms with Gasteiger partial charge in [0.25, 0.3) is 0 Å². The lowest BCUT2D eigenvalue weighted by molar-refractivity contribution is -0.128. The molecule has 0 saturated carbocycles. The van der Waals surface area contributed by atoms with Gasteiger partial charge in [-0.15, -0.1) is 10.2 Å². The average Bonchev–Trinajstić information content (AvgIpc) is 3.13. The van der Waals surface area contributed by atoms with E-state index in [0.717, 1.165) is 17.8 Å². The molecular weight excluding hydrogens is 404 g/mol. The van der Waals surface area contributed by atoms with Gasteiger partial charge in [-0.2, -0.15) is 0 Å². The molecule has 2 aromatic rings. The molecule has 1 amide bonds. The lowest BCUT2D eigenvalue weighted by atomic mass is 10.1. The number of aromatic nitrogens is 3. The number of ether oxygens (including phenoxy) is 3. The minimum atomic E-state index is -0.247. The highest BCUT2D eigenvalue weighted by Gasteiger charge is 2.28. The predicted octanol–water partition coefficient (Wildman–Crippen LogP) is 3.20. The summed E-state index contributed by atoms with van der Waals surface area (Å²) >= 11 is 1.45. The molecular formula is C21H32N4O4S. The molecule has 166 valence electrons. The highest BCUT2D eigenvalue weighted by atomic mass is 32.2. The predicted molar refractivity (Wildman–Crippen MR) is 118 cm³/mol. The van der Waals surface area contributed by atoms with Crippen molar-refractivity contribution in [2.24, 2.45) is 5.92 Å². The number of nitrogens with zero attached hydrogens (tertiary/aromatic N) is 4. The molecule has 30 heavy (non-hydrogen) atoms. The first-order valence-corrected chi connectivity index (χ1v) is 10.7. The second-order valence-corrected chi connectivity index (χ2v) is 8.50. The van der Waals surface area contributed by atoms with Gasteiger partial charge in [0.1, 0.15) is 0 Å². The molecule has 1 heterocycles. The van der Waals surface area contributed by atoms with Crippen LogP contribution in [0.1, 0.15) is 20.3 Å². The number of hydrogen-bond acceptors (Lipinski definition) is 7. The van der Waals surface area contributed by atoms with E-state index >= 15 is 0 Å². The molecule has 0 aliphatic heterocycles. The largest absolute Gasteiger partial charge is 0.493 e. The number of methoxy groups -OCH3 is 3. The third kappa shape index (κ3) is 5.66. The van der Waals surface area contributed by atoms with Crippen molar-refractivity contribution in [3.63, 3.8) is 0 Å². The van der Waals surface area contributed by atoms with Crippen LogP contribution in [0.4, 0.5) is 0 Å². The van der Waals surface area contributed by atoms with Gasteiger partial charge in [-0.25, -0.2) is 0 Å². The first kappa shape index (κ1) is 24.0. The molecule has 1 atom stereocenters. The van der Waals surface area contributed by atoms with Gasteiger partial charge < -0.3 is 23.7 Å². The van der Waals surface area contributed by atoms with Crippen LogP contribution in [-0.4, -0.2) is 72.9 Å². The Bertz CT molecular complexity index is 838. The Kier molecular flexibility index (Phi) is 8.98. The zero-order valence-corrected chi connectivity index (χ0v) is 19.7. The number of carbonyl (C=O) groups is 1. The summed E-state index contributed by atoms with van der Waals surface area (Å²) in [5.41, 5.74) is 0.865. The maximum absolute atomic E-state index is 12.7. The number of carbonyl (C=O) groups excluding carboxylic acids is 1. The van der Waals surface area contributed by atoms with Gasteiger partial charge in [0.2, 0.25) is 5.91 Å². The third-order valence-electron chi connectivity index (χ3n) is 4.61. The molecule has 1 aromatic heterocycles. The fourth-order valence-corrected chi connectivity index (χ4v) is 4.18. The van der Waals surface area contributed by atoms with Crippen LogP contribution in [0.5, 0.6) is 11.5 Å². The van der Waals surface area contributed by atoms with Gasteiger partial charge in [0.15, 0.2) is 22.5 Å². The monoisotopic (exact) mass is 436 g/mol. The van der Waals surface area contributed by atoms with Crippen molar-refractivity contribution in [2.75, 3.05) is 42.0 Å². The molecule has 0 radical (unpaired) electrons. The maximum Gasteiger partial charge on any atom is 0.235 e. The van der Waals surface area contributed by atoms with Crippen molar-refractivity contribution >= 4 is 17.7 Å². The average molecular weight is 437 g/mol. The van der Waals surface area contributed by atoms with E-state index < -0.39 is 0 Å². The summed E-state index contributed by atoms with van der Waals surface area (Å²) in [5.74, 6) is 2.21. The quantitative estimate of drug-likeness (QED) is 0.395. The highest BCUT2D eigenvalue weighted by Crippen LogP contribution is 2.34. The molecule has 0 spiro atoms. The van der Waals surface area contributed by atoms with Gasteiger partial charge in [0.05, 0.1) is 19.5 Å². The van der Waals surface area contributed by atoms with Gasteiger partial charge >= 0.3 is 0 Å². The van der Waals surface area contributed by atoms with E-state index in [1.54, 1.807) is 40.3 Å². The Morgan fingerprint density at radius 1 is 1.13 bits per heavy atom. The standard InChI is InChI=1S/C21H32N4O4S/c1-14(2)18(20(26)24(3)4)30-21-23-22-19(25(21)11-8-12-27-5)15-9-10-16(28-6)17(13-15)29-7/h9-10,13-14,18H,8,11-12H2,1-7H3. The van der Waals surface area contributed by atoms with Gasteiger partial charge in [-0.05, 0) is 30.5 Å². The third-order valence-corrected chi connectivity index (χ3v) is 6.12. The fraction of sp³-hybridized carbons (Fsp3) is 0.571. The minimum absolute atomic E-state index is 0.0640. The van der Waals surface area contributed by atoms with E-state index in [1.165, 1.54) is 11.8 Å². The molecule has 0 bridgehead atoms. The van der Waals surface area contributed by atoms with Crippen molar-refractivity contribution in [2.45, 2.75) is 37.2 Å². The molecule has 1 aromatic carbocycles. The van der Waals surface area contributed by atoms with Crippen molar-refractivity contribution in [1.29, 1.82) is 0 Å². The molecule has 0 aliphatic rings. The summed E-state index contributed by atoms with van der Waals surface area (Å²) in [6, 6.07) is 5.66. The number of hydrogen-bond donors (Lipinski definition) is 0. The van der Waals surface area contributed by atoms with E-state index in [4.69, 9.17) is 14.2 Å². The Hall–Kier alpha value is -2.26. The molecule has 8 nitrogen and oxygen atoms in total. The summed E-state index contributed by atoms with van der Waals surface area (Å²) in [6.07, 6.45) is 0.802. The lowest BCUT2D eigenvalue weighted by Crippen LogP contribution is -2.35. The van der Waals surface area contributed by atoms with Gasteiger partial charge in [-0.1, -0.05) is 25.6 Å². The Morgan fingerprint density at radius 2 is 1.83 bits per heavy atom. The van der Waals surface area contributed by atoms with Crippen molar-refractivity contribution < 1.29 is 19.0 Å². The summed E-state index contributed by atoms with van der Waals surface area (Å²) in [5, 5.41) is 9.33. The van der Waals surface area contributed by atoms with Crippen LogP contribution < -0.4 is 9.47 Å². The summed E-state index contributed by atoms with van der Waals surface area (Å²) in [6.45, 7) is 5.38. The van der Waals surface area contributed by atoms with Gasteiger partial charge in [0, 0.05) is 39.9 Å². The van der Waals surface area contributed by atoms with E-state index in [9.17, 15) is 4.79 Å². The molecule has 0 N–H and O–H groups in total. The fourth-order valence-electron chi connectivity index (χ4n) is 2.97. The van der Waals surface area contributed by atoms with Crippen LogP contribution in [0, 0.1) is 5.92 Å². The van der Waals surface area contributed by atoms with Crippen LogP contribution in [0.25, 0.3) is 11.4 Å².